The van der Waals surface area contributed by atoms with Crippen molar-refractivity contribution in [2.75, 3.05) is 13.1 Å². The van der Waals surface area contributed by atoms with Gasteiger partial charge in [0.1, 0.15) is 0 Å². The Hall–Kier alpha value is -0.830. The average molecular weight is 343 g/mol. The minimum Gasteiger partial charge on any atom is -0.327 e. The third-order valence-electron chi connectivity index (χ3n) is 3.29. The normalized spacial score (nSPS) is 21.5. The molecular formula is C12H14ClF3N2O2S. The van der Waals surface area contributed by atoms with Crippen molar-refractivity contribution in [2.45, 2.75) is 30.0 Å². The van der Waals surface area contributed by atoms with Crippen LogP contribution in [0.1, 0.15) is 18.4 Å². The number of halogens is 4. The molecule has 0 amide bonds. The molecule has 1 atom stereocenters. The SMILES string of the molecule is N[C@@H]1CCCN(S(=O)(=O)c2ccc(Cl)cc2C(F)(F)F)C1. The van der Waals surface area contributed by atoms with Crippen molar-refractivity contribution in [3.05, 3.63) is 28.8 Å². The Balaban J connectivity index is 2.50. The summed E-state index contributed by atoms with van der Waals surface area (Å²) in [6, 6.07) is 2.28. The van der Waals surface area contributed by atoms with E-state index in [9.17, 15) is 21.6 Å². The number of alkyl halides is 3. The first-order chi connectivity index (χ1) is 9.62. The Morgan fingerprint density at radius 2 is 2.00 bits per heavy atom. The van der Waals surface area contributed by atoms with Gasteiger partial charge in [0.15, 0.2) is 0 Å². The highest BCUT2D eigenvalue weighted by Gasteiger charge is 2.40. The van der Waals surface area contributed by atoms with Gasteiger partial charge < -0.3 is 5.73 Å². The lowest BCUT2D eigenvalue weighted by Crippen LogP contribution is -2.45. The topological polar surface area (TPSA) is 63.4 Å². The zero-order chi connectivity index (χ0) is 15.8. The quantitative estimate of drug-likeness (QED) is 0.898. The van der Waals surface area contributed by atoms with Crippen LogP contribution < -0.4 is 5.73 Å². The molecule has 0 bridgehead atoms. The van der Waals surface area contributed by atoms with Gasteiger partial charge in [-0.05, 0) is 31.0 Å². The molecule has 2 rings (SSSR count). The number of rotatable bonds is 2. The van der Waals surface area contributed by atoms with E-state index in [0.29, 0.717) is 18.9 Å². The predicted molar refractivity (Wildman–Crippen MR) is 72.4 cm³/mol. The highest BCUT2D eigenvalue weighted by molar-refractivity contribution is 7.89. The summed E-state index contributed by atoms with van der Waals surface area (Å²) in [6.45, 7) is 0.179. The third kappa shape index (κ3) is 3.50. The van der Waals surface area contributed by atoms with Crippen LogP contribution in [0.25, 0.3) is 0 Å². The molecule has 118 valence electrons. The van der Waals surface area contributed by atoms with Crippen LogP contribution in [0.2, 0.25) is 5.02 Å². The maximum atomic E-state index is 13.0. The summed E-state index contributed by atoms with van der Waals surface area (Å²) >= 11 is 5.55. The number of nitrogens with zero attached hydrogens (tertiary/aromatic N) is 1. The maximum Gasteiger partial charge on any atom is 0.417 e. The van der Waals surface area contributed by atoms with Gasteiger partial charge in [0.05, 0.1) is 10.5 Å². The smallest absolute Gasteiger partial charge is 0.327 e. The van der Waals surface area contributed by atoms with Crippen LogP contribution in [-0.4, -0.2) is 31.9 Å². The van der Waals surface area contributed by atoms with Gasteiger partial charge in [0.2, 0.25) is 10.0 Å². The van der Waals surface area contributed by atoms with Crippen molar-refractivity contribution in [3.8, 4) is 0 Å². The summed E-state index contributed by atoms with van der Waals surface area (Å²) in [7, 11) is -4.25. The molecule has 1 aromatic rings. The van der Waals surface area contributed by atoms with Crippen LogP contribution in [0, 0.1) is 0 Å². The Labute approximate surface area is 125 Å². The van der Waals surface area contributed by atoms with Crippen molar-refractivity contribution in [2.24, 2.45) is 5.73 Å². The standard InChI is InChI=1S/C12H14ClF3N2O2S/c13-8-3-4-11(10(6-8)12(14,15)16)21(19,20)18-5-1-2-9(17)7-18/h3-4,6,9H,1-2,5,7,17H2/t9-/m1/s1. The lowest BCUT2D eigenvalue weighted by atomic mass is 10.1. The zero-order valence-electron chi connectivity index (χ0n) is 10.9. The van der Waals surface area contributed by atoms with Gasteiger partial charge in [-0.15, -0.1) is 0 Å². The minimum absolute atomic E-state index is 0.0161. The van der Waals surface area contributed by atoms with Crippen LogP contribution in [0.4, 0.5) is 13.2 Å². The third-order valence-corrected chi connectivity index (χ3v) is 5.44. The van der Waals surface area contributed by atoms with E-state index in [0.717, 1.165) is 16.4 Å². The Morgan fingerprint density at radius 3 is 2.57 bits per heavy atom. The van der Waals surface area contributed by atoms with Crippen molar-refractivity contribution in [1.29, 1.82) is 0 Å². The second-order valence-electron chi connectivity index (χ2n) is 4.90. The highest BCUT2D eigenvalue weighted by Crippen LogP contribution is 2.37. The molecular weight excluding hydrogens is 329 g/mol. The maximum absolute atomic E-state index is 13.0. The molecule has 1 saturated heterocycles. The van der Waals surface area contributed by atoms with Crippen LogP contribution in [0.15, 0.2) is 23.1 Å². The van der Waals surface area contributed by atoms with Gasteiger partial charge in [-0.1, -0.05) is 11.6 Å². The first kappa shape index (κ1) is 16.5. The molecule has 4 nitrogen and oxygen atoms in total. The van der Waals surface area contributed by atoms with Crippen molar-refractivity contribution in [1.82, 2.24) is 4.31 Å². The first-order valence-corrected chi connectivity index (χ1v) is 8.06. The largest absolute Gasteiger partial charge is 0.417 e. The molecule has 0 radical (unpaired) electrons. The van der Waals surface area contributed by atoms with E-state index in [1.165, 1.54) is 0 Å². The molecule has 0 aliphatic carbocycles. The van der Waals surface area contributed by atoms with E-state index < -0.39 is 26.7 Å². The number of sulfonamides is 1. The Morgan fingerprint density at radius 1 is 1.33 bits per heavy atom. The second kappa shape index (κ2) is 5.75. The zero-order valence-corrected chi connectivity index (χ0v) is 12.5. The van der Waals surface area contributed by atoms with Gasteiger partial charge in [-0.3, -0.25) is 0 Å². The van der Waals surface area contributed by atoms with Gasteiger partial charge >= 0.3 is 6.18 Å². The summed E-state index contributed by atoms with van der Waals surface area (Å²) in [5.41, 5.74) is 4.44. The molecule has 0 unspecified atom stereocenters. The summed E-state index contributed by atoms with van der Waals surface area (Å²) in [4.78, 5) is -0.784. The van der Waals surface area contributed by atoms with Crippen molar-refractivity contribution in [3.63, 3.8) is 0 Å². The van der Waals surface area contributed by atoms with Crippen LogP contribution in [0.3, 0.4) is 0 Å². The molecule has 1 heterocycles. The fourth-order valence-electron chi connectivity index (χ4n) is 2.28. The number of hydrogen-bond acceptors (Lipinski definition) is 3. The molecule has 0 saturated carbocycles. The molecule has 1 aliphatic rings. The van der Waals surface area contributed by atoms with Gasteiger partial charge in [-0.25, -0.2) is 8.42 Å². The van der Waals surface area contributed by atoms with Crippen LogP contribution >= 0.6 is 11.6 Å². The molecule has 9 heteroatoms. The van der Waals surface area contributed by atoms with E-state index in [1.54, 1.807) is 0 Å². The van der Waals surface area contributed by atoms with E-state index in [2.05, 4.69) is 0 Å². The monoisotopic (exact) mass is 342 g/mol. The lowest BCUT2D eigenvalue weighted by Gasteiger charge is -2.30. The molecule has 2 N–H and O–H groups in total. The molecule has 0 spiro atoms. The molecule has 1 aromatic carbocycles. The van der Waals surface area contributed by atoms with Crippen molar-refractivity contribution < 1.29 is 21.6 Å². The number of hydrogen-bond donors (Lipinski definition) is 1. The molecule has 21 heavy (non-hydrogen) atoms. The molecule has 0 aromatic heterocycles. The summed E-state index contributed by atoms with van der Waals surface area (Å²) in [6.07, 6.45) is -3.63. The Bertz CT molecular complexity index is 634. The average Bonchev–Trinajstić information content (AvgIpc) is 2.37. The lowest BCUT2D eigenvalue weighted by molar-refractivity contribution is -0.139. The van der Waals surface area contributed by atoms with Gasteiger partial charge in [-0.2, -0.15) is 17.5 Å². The Kier molecular flexibility index (Phi) is 4.53. The van der Waals surface area contributed by atoms with Crippen LogP contribution in [-0.2, 0) is 16.2 Å². The number of piperidine rings is 1. The van der Waals surface area contributed by atoms with E-state index in [1.807, 2.05) is 0 Å². The van der Waals surface area contributed by atoms with Crippen molar-refractivity contribution >= 4 is 21.6 Å². The molecule has 1 aliphatic heterocycles. The summed E-state index contributed by atoms with van der Waals surface area (Å²) in [5, 5.41) is -0.170. The fourth-order valence-corrected chi connectivity index (χ4v) is 4.18. The van der Waals surface area contributed by atoms with Gasteiger partial charge in [0.25, 0.3) is 0 Å². The van der Waals surface area contributed by atoms with E-state index >= 15 is 0 Å². The van der Waals surface area contributed by atoms with Gasteiger partial charge in [0, 0.05) is 24.2 Å². The number of benzene rings is 1. The number of nitrogens with two attached hydrogens (primary N) is 1. The van der Waals surface area contributed by atoms with Crippen LogP contribution in [0.5, 0.6) is 0 Å². The summed E-state index contributed by atoms with van der Waals surface area (Å²) in [5.74, 6) is 0. The van der Waals surface area contributed by atoms with E-state index in [4.69, 9.17) is 17.3 Å². The first-order valence-electron chi connectivity index (χ1n) is 6.25. The summed E-state index contributed by atoms with van der Waals surface area (Å²) < 4.78 is 65.0. The van der Waals surface area contributed by atoms with E-state index in [-0.39, 0.29) is 24.2 Å². The second-order valence-corrected chi connectivity index (χ2v) is 7.25. The predicted octanol–water partition coefficient (Wildman–Crippen LogP) is 2.47. The minimum atomic E-state index is -4.80. The molecule has 1 fully saturated rings. The highest BCUT2D eigenvalue weighted by atomic mass is 35.5. The fraction of sp³-hybridized carbons (Fsp3) is 0.500.